The van der Waals surface area contributed by atoms with E-state index in [1.54, 1.807) is 19.2 Å². The Morgan fingerprint density at radius 2 is 2.27 bits per heavy atom. The molecule has 0 aromatic carbocycles. The Labute approximate surface area is 88.8 Å². The number of nitrogens with one attached hydrogen (secondary N) is 1. The number of ether oxygens (including phenoxy) is 1. The summed E-state index contributed by atoms with van der Waals surface area (Å²) in [6.45, 7) is 1.84. The number of hydrogen-bond donors (Lipinski definition) is 1. The molecule has 1 aromatic rings. The van der Waals surface area contributed by atoms with Crippen molar-refractivity contribution in [3.63, 3.8) is 0 Å². The number of nitrogens with zero attached hydrogens (tertiary/aromatic N) is 2. The number of hydrogen-bond acceptors (Lipinski definition) is 5. The lowest BCUT2D eigenvalue weighted by molar-refractivity contribution is 0.312. The van der Waals surface area contributed by atoms with Crippen molar-refractivity contribution in [1.82, 2.24) is 14.7 Å². The minimum atomic E-state index is -3.23. The summed E-state index contributed by atoms with van der Waals surface area (Å²) in [5.74, 6) is -0.110. The second-order valence-corrected chi connectivity index (χ2v) is 4.90. The van der Waals surface area contributed by atoms with Crippen LogP contribution in [0.1, 0.15) is 5.69 Å². The Balaban J connectivity index is 2.45. The molecule has 15 heavy (non-hydrogen) atoms. The molecule has 1 rings (SSSR count). The van der Waals surface area contributed by atoms with Crippen LogP contribution in [0.5, 0.6) is 6.01 Å². The zero-order valence-corrected chi connectivity index (χ0v) is 9.41. The van der Waals surface area contributed by atoms with Crippen LogP contribution in [-0.2, 0) is 10.0 Å². The van der Waals surface area contributed by atoms with E-state index in [1.807, 2.05) is 0 Å². The molecule has 0 aliphatic rings. The highest BCUT2D eigenvalue weighted by atomic mass is 32.2. The molecule has 0 aliphatic carbocycles. The SMILES string of the molecule is CNS(=O)(=O)CCOc1nccc(C)n1. The molecule has 0 fully saturated rings. The molecule has 0 saturated heterocycles. The molecule has 1 heterocycles. The minimum absolute atomic E-state index is 0.0344. The van der Waals surface area contributed by atoms with Crippen LogP contribution in [0.3, 0.4) is 0 Å². The summed E-state index contributed by atoms with van der Waals surface area (Å²) in [7, 11) is -1.87. The first-order valence-corrected chi connectivity index (χ1v) is 6.02. The van der Waals surface area contributed by atoms with E-state index in [0.717, 1.165) is 5.69 Å². The van der Waals surface area contributed by atoms with E-state index >= 15 is 0 Å². The smallest absolute Gasteiger partial charge is 0.316 e. The quantitative estimate of drug-likeness (QED) is 0.753. The largest absolute Gasteiger partial charge is 0.462 e. The van der Waals surface area contributed by atoms with Crippen LogP contribution in [0, 0.1) is 6.92 Å². The molecule has 0 saturated carbocycles. The van der Waals surface area contributed by atoms with Crippen LogP contribution in [0.15, 0.2) is 12.3 Å². The summed E-state index contributed by atoms with van der Waals surface area (Å²) in [5.41, 5.74) is 0.775. The second kappa shape index (κ2) is 5.04. The number of aromatic nitrogens is 2. The van der Waals surface area contributed by atoms with Crippen LogP contribution >= 0.6 is 0 Å². The third kappa shape index (κ3) is 4.22. The van der Waals surface area contributed by atoms with E-state index in [2.05, 4.69) is 14.7 Å². The fraction of sp³-hybridized carbons (Fsp3) is 0.500. The minimum Gasteiger partial charge on any atom is -0.462 e. The lowest BCUT2D eigenvalue weighted by Crippen LogP contribution is -2.25. The van der Waals surface area contributed by atoms with Gasteiger partial charge >= 0.3 is 6.01 Å². The summed E-state index contributed by atoms with van der Waals surface area (Å²) < 4.78 is 29.3. The highest BCUT2D eigenvalue weighted by Crippen LogP contribution is 2.01. The topological polar surface area (TPSA) is 81.2 Å². The average molecular weight is 231 g/mol. The third-order valence-corrected chi connectivity index (χ3v) is 2.99. The summed E-state index contributed by atoms with van der Waals surface area (Å²) in [5, 5.41) is 0. The lowest BCUT2D eigenvalue weighted by atomic mass is 10.5. The van der Waals surface area contributed by atoms with E-state index in [9.17, 15) is 8.42 Å². The van der Waals surface area contributed by atoms with Gasteiger partial charge in [-0.3, -0.25) is 0 Å². The zero-order valence-electron chi connectivity index (χ0n) is 8.60. The van der Waals surface area contributed by atoms with Gasteiger partial charge in [-0.25, -0.2) is 23.1 Å². The van der Waals surface area contributed by atoms with Crippen LogP contribution in [0.25, 0.3) is 0 Å². The van der Waals surface area contributed by atoms with Crippen molar-refractivity contribution in [3.8, 4) is 6.01 Å². The van der Waals surface area contributed by atoms with Crippen molar-refractivity contribution in [2.24, 2.45) is 0 Å². The van der Waals surface area contributed by atoms with Gasteiger partial charge in [0.2, 0.25) is 10.0 Å². The molecule has 0 spiro atoms. The maximum absolute atomic E-state index is 11.0. The van der Waals surface area contributed by atoms with E-state index in [0.29, 0.717) is 0 Å². The van der Waals surface area contributed by atoms with Crippen molar-refractivity contribution in [1.29, 1.82) is 0 Å². The zero-order chi connectivity index (χ0) is 11.3. The molecule has 1 aromatic heterocycles. The molecule has 1 N–H and O–H groups in total. The standard InChI is InChI=1S/C8H13N3O3S/c1-7-3-4-10-8(11-7)14-5-6-15(12,13)9-2/h3-4,9H,5-6H2,1-2H3. The molecule has 7 heteroatoms. The molecule has 0 unspecified atom stereocenters. The van der Waals surface area contributed by atoms with Crippen LogP contribution in [-0.4, -0.2) is 37.8 Å². The summed E-state index contributed by atoms with van der Waals surface area (Å²) >= 11 is 0. The van der Waals surface area contributed by atoms with Gasteiger partial charge in [-0.05, 0) is 20.0 Å². The van der Waals surface area contributed by atoms with Gasteiger partial charge in [-0.1, -0.05) is 0 Å². The monoisotopic (exact) mass is 231 g/mol. The van der Waals surface area contributed by atoms with Gasteiger partial charge in [0, 0.05) is 11.9 Å². The highest BCUT2D eigenvalue weighted by molar-refractivity contribution is 7.89. The van der Waals surface area contributed by atoms with E-state index in [1.165, 1.54) is 7.05 Å². The molecular formula is C8H13N3O3S. The number of rotatable bonds is 5. The van der Waals surface area contributed by atoms with Crippen molar-refractivity contribution in [2.45, 2.75) is 6.92 Å². The predicted molar refractivity (Wildman–Crippen MR) is 55.1 cm³/mol. The third-order valence-electron chi connectivity index (χ3n) is 1.67. The van der Waals surface area contributed by atoms with Gasteiger partial charge in [0.15, 0.2) is 0 Å². The van der Waals surface area contributed by atoms with Gasteiger partial charge in [0.25, 0.3) is 0 Å². The molecule has 0 radical (unpaired) electrons. The molecule has 0 bridgehead atoms. The Kier molecular flexibility index (Phi) is 3.98. The van der Waals surface area contributed by atoms with Crippen LogP contribution < -0.4 is 9.46 Å². The fourth-order valence-corrected chi connectivity index (χ4v) is 1.35. The maximum atomic E-state index is 11.0. The first kappa shape index (κ1) is 11.9. The molecule has 6 nitrogen and oxygen atoms in total. The van der Waals surface area contributed by atoms with Crippen molar-refractivity contribution < 1.29 is 13.2 Å². The van der Waals surface area contributed by atoms with Crippen molar-refractivity contribution in [3.05, 3.63) is 18.0 Å². The normalized spacial score (nSPS) is 11.3. The van der Waals surface area contributed by atoms with Gasteiger partial charge in [-0.2, -0.15) is 0 Å². The Morgan fingerprint density at radius 1 is 1.53 bits per heavy atom. The van der Waals surface area contributed by atoms with Gasteiger partial charge in [0.1, 0.15) is 6.61 Å². The summed E-state index contributed by atoms with van der Waals surface area (Å²) in [4.78, 5) is 7.81. The molecule has 0 atom stereocenters. The Hall–Kier alpha value is -1.21. The van der Waals surface area contributed by atoms with Crippen molar-refractivity contribution >= 4 is 10.0 Å². The molecule has 84 valence electrons. The first-order chi connectivity index (χ1) is 7.03. The highest BCUT2D eigenvalue weighted by Gasteiger charge is 2.07. The fourth-order valence-electron chi connectivity index (χ4n) is 0.840. The van der Waals surface area contributed by atoms with Crippen LogP contribution in [0.2, 0.25) is 0 Å². The predicted octanol–water partition coefficient (Wildman–Crippen LogP) is -0.287. The molecule has 0 amide bonds. The van der Waals surface area contributed by atoms with Crippen LogP contribution in [0.4, 0.5) is 0 Å². The molecular weight excluding hydrogens is 218 g/mol. The van der Waals surface area contributed by atoms with E-state index < -0.39 is 10.0 Å². The van der Waals surface area contributed by atoms with Crippen molar-refractivity contribution in [2.75, 3.05) is 19.4 Å². The summed E-state index contributed by atoms with van der Waals surface area (Å²) in [6, 6.07) is 1.93. The number of sulfonamides is 1. The maximum Gasteiger partial charge on any atom is 0.316 e. The summed E-state index contributed by atoms with van der Waals surface area (Å²) in [6.07, 6.45) is 1.56. The second-order valence-electron chi connectivity index (χ2n) is 2.85. The lowest BCUT2D eigenvalue weighted by Gasteiger charge is -2.04. The number of aryl methyl sites for hydroxylation is 1. The van der Waals surface area contributed by atoms with E-state index in [4.69, 9.17) is 4.74 Å². The average Bonchev–Trinajstić information content (AvgIpc) is 2.18. The van der Waals surface area contributed by atoms with Gasteiger partial charge < -0.3 is 4.74 Å². The Morgan fingerprint density at radius 3 is 2.87 bits per heavy atom. The first-order valence-electron chi connectivity index (χ1n) is 4.37. The molecule has 0 aliphatic heterocycles. The Bertz CT molecular complexity index is 419. The van der Waals surface area contributed by atoms with Gasteiger partial charge in [-0.15, -0.1) is 0 Å². The van der Waals surface area contributed by atoms with Gasteiger partial charge in [0.05, 0.1) is 5.75 Å². The van der Waals surface area contributed by atoms with E-state index in [-0.39, 0.29) is 18.4 Å².